The van der Waals surface area contributed by atoms with E-state index in [0.29, 0.717) is 6.42 Å². The van der Waals surface area contributed by atoms with E-state index in [4.69, 9.17) is 24.8 Å². The lowest BCUT2D eigenvalue weighted by Gasteiger charge is -2.27. The number of fused-ring (bicyclic) bond motifs is 1. The summed E-state index contributed by atoms with van der Waals surface area (Å²) < 4.78 is 54.6. The number of imidazole rings is 1. The quantitative estimate of drug-likeness (QED) is 0.139. The van der Waals surface area contributed by atoms with Crippen LogP contribution in [0.1, 0.15) is 32.9 Å². The molecule has 0 aromatic carbocycles. The minimum Gasteiger partial charge on any atom is -0.387 e. The fourth-order valence-electron chi connectivity index (χ4n) is 3.45. The molecule has 0 radical (unpaired) electrons. The zero-order chi connectivity index (χ0) is 27.8. The highest BCUT2D eigenvalue weighted by molar-refractivity contribution is 7.66. The van der Waals surface area contributed by atoms with E-state index >= 15 is 0 Å². The molecule has 208 valence electrons. The van der Waals surface area contributed by atoms with Gasteiger partial charge in [-0.05, 0) is 19.8 Å². The molecule has 8 N–H and O–H groups in total. The van der Waals surface area contributed by atoms with Crippen LogP contribution in [0.15, 0.2) is 24.3 Å². The van der Waals surface area contributed by atoms with Crippen LogP contribution in [0.3, 0.4) is 0 Å². The number of aliphatic hydroxyl groups excluding tert-OH is 2. The topological polar surface area (TPSA) is 279 Å². The number of rotatable bonds is 11. The molecule has 1 saturated heterocycles. The number of nitrogens with two attached hydrogens (primary N) is 1. The van der Waals surface area contributed by atoms with Crippen molar-refractivity contribution in [1.82, 2.24) is 19.5 Å². The van der Waals surface area contributed by atoms with Crippen molar-refractivity contribution in [3.05, 3.63) is 24.3 Å². The summed E-state index contributed by atoms with van der Waals surface area (Å²) in [6.45, 7) is 3.55. The molecule has 1 aliphatic heterocycles. The predicted molar refractivity (Wildman–Crippen MR) is 123 cm³/mol. The van der Waals surface area contributed by atoms with Gasteiger partial charge in [0.05, 0.1) is 6.33 Å². The minimum absolute atomic E-state index is 0.0408. The minimum atomic E-state index is -5.79. The maximum absolute atomic E-state index is 12.5. The van der Waals surface area contributed by atoms with Crippen molar-refractivity contribution in [1.29, 1.82) is 0 Å². The van der Waals surface area contributed by atoms with Gasteiger partial charge < -0.3 is 40.3 Å². The number of aliphatic hydroxyl groups is 2. The molecular weight excluding hydrogens is 563 g/mol. The van der Waals surface area contributed by atoms with Gasteiger partial charge in [0.25, 0.3) is 0 Å². The van der Waals surface area contributed by atoms with Gasteiger partial charge in [0.2, 0.25) is 0 Å². The lowest BCUT2D eigenvalue weighted by atomic mass is 10.0. The molecule has 3 unspecified atom stereocenters. The van der Waals surface area contributed by atoms with Crippen LogP contribution in [0, 0.1) is 0 Å². The molecule has 21 heteroatoms. The van der Waals surface area contributed by atoms with Gasteiger partial charge in [-0.3, -0.25) is 9.09 Å². The SMILES string of the molecule is CCC(C)=CCC(OP(=O)(O)OP(=O)(O)OP(=O)(O)O)[C@H]1O[C@@H](n2cnc3c(N)ncnc32)[C@H](O)[C@@H]1O. The number of allylic oxidation sites excluding steroid dienone is 1. The zero-order valence-corrected chi connectivity index (χ0v) is 22.0. The number of anilines is 1. The van der Waals surface area contributed by atoms with E-state index in [2.05, 4.69) is 23.6 Å². The molecule has 3 rings (SSSR count). The number of phosphoric acid groups is 3. The van der Waals surface area contributed by atoms with Crippen molar-refractivity contribution in [2.75, 3.05) is 5.73 Å². The second kappa shape index (κ2) is 11.2. The average Bonchev–Trinajstić information content (AvgIpc) is 3.30. The van der Waals surface area contributed by atoms with E-state index in [9.17, 15) is 33.7 Å². The van der Waals surface area contributed by atoms with Gasteiger partial charge in [0.15, 0.2) is 17.7 Å². The number of aromatic nitrogens is 4. The number of nitrogen functional groups attached to an aromatic ring is 1. The molecule has 18 nitrogen and oxygen atoms in total. The molecule has 0 bridgehead atoms. The number of nitrogens with zero attached hydrogens (tertiary/aromatic N) is 4. The van der Waals surface area contributed by atoms with E-state index in [-0.39, 0.29) is 23.4 Å². The smallest absolute Gasteiger partial charge is 0.387 e. The number of phosphoric ester groups is 1. The Kier molecular flexibility index (Phi) is 9.09. The third-order valence-corrected chi connectivity index (χ3v) is 9.11. The van der Waals surface area contributed by atoms with Crippen LogP contribution in [0.2, 0.25) is 0 Å². The Hall–Kier alpha value is -1.62. The van der Waals surface area contributed by atoms with Gasteiger partial charge in [-0.1, -0.05) is 18.6 Å². The third kappa shape index (κ3) is 7.49. The van der Waals surface area contributed by atoms with Crippen LogP contribution in [0.4, 0.5) is 5.82 Å². The first-order valence-corrected chi connectivity index (χ1v) is 15.0. The van der Waals surface area contributed by atoms with Crippen molar-refractivity contribution in [2.45, 2.75) is 57.3 Å². The summed E-state index contributed by atoms with van der Waals surface area (Å²) >= 11 is 0. The monoisotopic (exact) mass is 589 g/mol. The Bertz CT molecular complexity index is 1300. The normalized spacial score (nSPS) is 27.2. The maximum Gasteiger partial charge on any atom is 0.490 e. The molecule has 1 aliphatic rings. The van der Waals surface area contributed by atoms with E-state index in [0.717, 1.165) is 11.9 Å². The molecule has 2 aromatic heterocycles. The first kappa shape index (κ1) is 29.9. The molecule has 0 spiro atoms. The predicted octanol–water partition coefficient (Wildman–Crippen LogP) is 0.486. The summed E-state index contributed by atoms with van der Waals surface area (Å²) in [5.74, 6) is 0.0408. The second-order valence-electron chi connectivity index (χ2n) is 7.93. The lowest BCUT2D eigenvalue weighted by molar-refractivity contribution is -0.0798. The van der Waals surface area contributed by atoms with Gasteiger partial charge in [-0.25, -0.2) is 28.6 Å². The summed E-state index contributed by atoms with van der Waals surface area (Å²) in [4.78, 5) is 48.8. The second-order valence-corrected chi connectivity index (χ2v) is 12.3. The van der Waals surface area contributed by atoms with Crippen molar-refractivity contribution >= 4 is 40.4 Å². The van der Waals surface area contributed by atoms with Crippen molar-refractivity contribution < 1.29 is 61.4 Å². The Morgan fingerprint density at radius 1 is 1.14 bits per heavy atom. The highest BCUT2D eigenvalue weighted by Gasteiger charge is 2.50. The van der Waals surface area contributed by atoms with Crippen LogP contribution in [-0.4, -0.2) is 73.7 Å². The highest BCUT2D eigenvalue weighted by Crippen LogP contribution is 2.66. The van der Waals surface area contributed by atoms with E-state index < -0.39 is 54.1 Å². The summed E-state index contributed by atoms with van der Waals surface area (Å²) in [7, 11) is -17.0. The zero-order valence-electron chi connectivity index (χ0n) is 19.3. The van der Waals surface area contributed by atoms with Crippen molar-refractivity contribution in [3.63, 3.8) is 0 Å². The number of ether oxygens (including phenoxy) is 1. The molecule has 37 heavy (non-hydrogen) atoms. The lowest BCUT2D eigenvalue weighted by Crippen LogP contribution is -2.39. The van der Waals surface area contributed by atoms with Crippen molar-refractivity contribution in [3.8, 4) is 0 Å². The molecule has 1 fully saturated rings. The maximum atomic E-state index is 12.5. The van der Waals surface area contributed by atoms with Crippen LogP contribution in [0.25, 0.3) is 11.2 Å². The van der Waals surface area contributed by atoms with Crippen LogP contribution < -0.4 is 5.73 Å². The summed E-state index contributed by atoms with van der Waals surface area (Å²) in [5.41, 5.74) is 6.88. The summed E-state index contributed by atoms with van der Waals surface area (Å²) in [5, 5.41) is 21.4. The highest BCUT2D eigenvalue weighted by atomic mass is 31.3. The van der Waals surface area contributed by atoms with Gasteiger partial charge in [-0.2, -0.15) is 8.62 Å². The van der Waals surface area contributed by atoms with Crippen molar-refractivity contribution in [2.24, 2.45) is 0 Å². The Labute approximate surface area is 209 Å². The van der Waals surface area contributed by atoms with E-state index in [1.165, 1.54) is 10.9 Å². The fourth-order valence-corrected chi connectivity index (χ4v) is 6.66. The Balaban J connectivity index is 1.90. The Morgan fingerprint density at radius 3 is 2.43 bits per heavy atom. The molecule has 2 aromatic rings. The molecule has 0 saturated carbocycles. The molecule has 3 heterocycles. The molecule has 0 amide bonds. The average molecular weight is 589 g/mol. The standard InChI is InChI=1S/C16H26N5O13P3/c1-3-8(2)4-5-9(32-36(27,28)34-37(29,30)33-35(24,25)26)13-11(22)12(23)16(31-13)21-7-20-10-14(17)18-6-19-15(10)21/h4,6-7,9,11-13,16,22-23H,3,5H2,1-2H3,(H,27,28)(H,29,30)(H2,17,18,19)(H2,24,25,26)/t9?,11-,12+,13+,16+/m0/s1. The van der Waals surface area contributed by atoms with Crippen LogP contribution >= 0.6 is 23.5 Å². The van der Waals surface area contributed by atoms with E-state index in [1.807, 2.05) is 6.92 Å². The first-order valence-electron chi connectivity index (χ1n) is 10.5. The summed E-state index contributed by atoms with van der Waals surface area (Å²) in [6.07, 6.45) is -3.53. The molecule has 7 atom stereocenters. The van der Waals surface area contributed by atoms with Crippen LogP contribution in [-0.2, 0) is 31.6 Å². The molecular formula is C16H26N5O13P3. The van der Waals surface area contributed by atoms with Crippen LogP contribution in [0.5, 0.6) is 0 Å². The fraction of sp³-hybridized carbons (Fsp3) is 0.562. The van der Waals surface area contributed by atoms with E-state index in [1.54, 1.807) is 13.0 Å². The largest absolute Gasteiger partial charge is 0.490 e. The van der Waals surface area contributed by atoms with Gasteiger partial charge in [-0.15, -0.1) is 0 Å². The number of hydrogen-bond acceptors (Lipinski definition) is 13. The third-order valence-electron chi connectivity index (χ3n) is 5.24. The number of hydrogen-bond donors (Lipinski definition) is 7. The Morgan fingerprint density at radius 2 is 1.81 bits per heavy atom. The van der Waals surface area contributed by atoms with Gasteiger partial charge >= 0.3 is 23.5 Å². The van der Waals surface area contributed by atoms with Gasteiger partial charge in [0.1, 0.15) is 36.3 Å². The molecule has 0 aliphatic carbocycles. The first-order chi connectivity index (χ1) is 17.0. The van der Waals surface area contributed by atoms with Gasteiger partial charge in [0, 0.05) is 0 Å². The summed E-state index contributed by atoms with van der Waals surface area (Å²) in [6, 6.07) is 0.